The molecule has 0 spiro atoms. The van der Waals surface area contributed by atoms with Gasteiger partial charge in [-0.25, -0.2) is 0 Å². The molecule has 1 aromatic heterocycles. The molecule has 0 N–H and O–H groups in total. The van der Waals surface area contributed by atoms with Gasteiger partial charge in [0, 0.05) is 14.6 Å². The molecular weight excluding hydrogens is 357 g/mol. The molecule has 0 saturated heterocycles. The van der Waals surface area contributed by atoms with Crippen LogP contribution in [-0.4, -0.2) is 24.5 Å². The first-order valence-electron chi connectivity index (χ1n) is 8.14. The smallest absolute Gasteiger partial charge is 0.0412 e. The molecule has 3 aromatic rings. The fourth-order valence-corrected chi connectivity index (χ4v) is 3.66. The zero-order valence-electron chi connectivity index (χ0n) is 14.5. The van der Waals surface area contributed by atoms with Gasteiger partial charge in [0.1, 0.15) is 0 Å². The summed E-state index contributed by atoms with van der Waals surface area (Å²) in [5, 5.41) is 2.02. The van der Waals surface area contributed by atoms with Gasteiger partial charge in [0.15, 0.2) is 0 Å². The third-order valence-corrected chi connectivity index (χ3v) is 5.28. The highest BCUT2D eigenvalue weighted by Gasteiger charge is 2.03. The number of benzene rings is 2. The van der Waals surface area contributed by atoms with Crippen LogP contribution in [0.15, 0.2) is 54.6 Å². The van der Waals surface area contributed by atoms with Gasteiger partial charge in [0.05, 0.1) is 0 Å². The van der Waals surface area contributed by atoms with Crippen LogP contribution in [-0.2, 0) is 0 Å². The van der Waals surface area contributed by atoms with E-state index in [1.165, 1.54) is 40.2 Å². The van der Waals surface area contributed by atoms with E-state index in [0.29, 0.717) is 0 Å². The number of halogens is 2. The van der Waals surface area contributed by atoms with E-state index in [-0.39, 0.29) is 12.4 Å². The van der Waals surface area contributed by atoms with Crippen molar-refractivity contribution >= 4 is 45.4 Å². The first-order chi connectivity index (χ1) is 11.2. The minimum absolute atomic E-state index is 0. The highest BCUT2D eigenvalue weighted by atomic mass is 35.5. The Bertz CT molecular complexity index is 715. The van der Waals surface area contributed by atoms with E-state index in [1.54, 1.807) is 11.3 Å². The molecule has 0 bridgehead atoms. The average molecular weight is 382 g/mol. The second kappa shape index (κ2) is 10.7. The van der Waals surface area contributed by atoms with Crippen LogP contribution in [0.5, 0.6) is 0 Å². The molecule has 3 rings (SSSR count). The van der Waals surface area contributed by atoms with E-state index in [9.17, 15) is 0 Å². The topological polar surface area (TPSA) is 3.24 Å². The zero-order valence-corrected chi connectivity index (χ0v) is 16.8. The number of hydrogen-bond donors (Lipinski definition) is 0. The van der Waals surface area contributed by atoms with Crippen LogP contribution >= 0.6 is 35.3 Å². The molecule has 0 radical (unpaired) electrons. The van der Waals surface area contributed by atoms with Crippen LogP contribution in [0, 0.1) is 0 Å². The second-order valence-electron chi connectivity index (χ2n) is 5.28. The summed E-state index contributed by atoms with van der Waals surface area (Å²) in [5.74, 6) is 0. The molecule has 0 unspecified atom stereocenters. The SMILES string of the molecule is CCN(CC)CC.Cl.Clc1ccc2sc(-c3ccccc3)cc2c1. The van der Waals surface area contributed by atoms with Gasteiger partial charge in [0.2, 0.25) is 0 Å². The molecule has 130 valence electrons. The molecule has 4 heteroatoms. The summed E-state index contributed by atoms with van der Waals surface area (Å²) in [6.07, 6.45) is 0. The average Bonchev–Trinajstić information content (AvgIpc) is 3.01. The molecule has 0 aliphatic heterocycles. The number of thiophene rings is 1. The van der Waals surface area contributed by atoms with E-state index in [4.69, 9.17) is 11.6 Å². The first kappa shape index (κ1) is 21.0. The van der Waals surface area contributed by atoms with Crippen LogP contribution in [0.25, 0.3) is 20.5 Å². The third kappa shape index (κ3) is 5.78. The molecule has 24 heavy (non-hydrogen) atoms. The summed E-state index contributed by atoms with van der Waals surface area (Å²) in [6.45, 7) is 10.1. The Morgan fingerprint density at radius 3 is 2.04 bits per heavy atom. The molecule has 0 saturated carbocycles. The number of rotatable bonds is 4. The molecule has 0 atom stereocenters. The van der Waals surface area contributed by atoms with Gasteiger partial charge in [-0.05, 0) is 54.8 Å². The van der Waals surface area contributed by atoms with E-state index < -0.39 is 0 Å². The Kier molecular flexibility index (Phi) is 9.38. The van der Waals surface area contributed by atoms with Crippen molar-refractivity contribution in [3.8, 4) is 10.4 Å². The second-order valence-corrected chi connectivity index (χ2v) is 6.80. The molecule has 1 nitrogen and oxygen atoms in total. The highest BCUT2D eigenvalue weighted by molar-refractivity contribution is 7.22. The van der Waals surface area contributed by atoms with Crippen molar-refractivity contribution in [3.05, 3.63) is 59.6 Å². The van der Waals surface area contributed by atoms with E-state index in [1.807, 2.05) is 18.2 Å². The molecule has 0 fully saturated rings. The predicted octanol–water partition coefficient (Wildman–Crippen LogP) is 6.99. The first-order valence-corrected chi connectivity index (χ1v) is 9.34. The maximum Gasteiger partial charge on any atom is 0.0412 e. The lowest BCUT2D eigenvalue weighted by Gasteiger charge is -2.13. The summed E-state index contributed by atoms with van der Waals surface area (Å²) < 4.78 is 1.28. The lowest BCUT2D eigenvalue weighted by Crippen LogP contribution is -2.21. The fourth-order valence-electron chi connectivity index (χ4n) is 2.43. The lowest BCUT2D eigenvalue weighted by molar-refractivity contribution is 0.321. The van der Waals surface area contributed by atoms with Crippen molar-refractivity contribution in [2.75, 3.05) is 19.6 Å². The molecule has 0 aliphatic rings. The van der Waals surface area contributed by atoms with Crippen LogP contribution in [0.1, 0.15) is 20.8 Å². The summed E-state index contributed by atoms with van der Waals surface area (Å²) in [6, 6.07) is 18.6. The van der Waals surface area contributed by atoms with Crippen LogP contribution in [0.3, 0.4) is 0 Å². The molecule has 2 aromatic carbocycles. The Hall–Kier alpha value is -1.06. The minimum Gasteiger partial charge on any atom is -0.304 e. The Labute approximate surface area is 160 Å². The van der Waals surface area contributed by atoms with Gasteiger partial charge in [-0.3, -0.25) is 0 Å². The van der Waals surface area contributed by atoms with Crippen LogP contribution in [0.2, 0.25) is 5.02 Å². The number of hydrogen-bond acceptors (Lipinski definition) is 2. The highest BCUT2D eigenvalue weighted by Crippen LogP contribution is 2.34. The molecule has 1 heterocycles. The largest absolute Gasteiger partial charge is 0.304 e. The quantitative estimate of drug-likeness (QED) is 0.470. The van der Waals surface area contributed by atoms with Gasteiger partial charge >= 0.3 is 0 Å². The molecular formula is C20H25Cl2NS. The van der Waals surface area contributed by atoms with Crippen molar-refractivity contribution in [3.63, 3.8) is 0 Å². The zero-order chi connectivity index (χ0) is 16.7. The van der Waals surface area contributed by atoms with Crippen molar-refractivity contribution < 1.29 is 0 Å². The lowest BCUT2D eigenvalue weighted by atomic mass is 10.1. The van der Waals surface area contributed by atoms with Crippen molar-refractivity contribution in [2.24, 2.45) is 0 Å². The number of fused-ring (bicyclic) bond motifs is 1. The van der Waals surface area contributed by atoms with Crippen LogP contribution in [0.4, 0.5) is 0 Å². The standard InChI is InChI=1S/C14H9ClS.C6H15N.ClH/c15-12-6-7-13-11(8-12)9-14(16-13)10-4-2-1-3-5-10;1-4-7(5-2)6-3;/h1-9H;4-6H2,1-3H3;1H. The normalized spacial score (nSPS) is 10.2. The van der Waals surface area contributed by atoms with Gasteiger partial charge in [-0.1, -0.05) is 62.7 Å². The van der Waals surface area contributed by atoms with E-state index >= 15 is 0 Å². The summed E-state index contributed by atoms with van der Waals surface area (Å²) in [4.78, 5) is 3.66. The maximum atomic E-state index is 5.98. The third-order valence-electron chi connectivity index (χ3n) is 3.88. The van der Waals surface area contributed by atoms with Gasteiger partial charge < -0.3 is 4.90 Å². The minimum atomic E-state index is 0. The summed E-state index contributed by atoms with van der Waals surface area (Å²) >= 11 is 7.78. The van der Waals surface area contributed by atoms with Crippen molar-refractivity contribution in [1.82, 2.24) is 4.90 Å². The van der Waals surface area contributed by atoms with E-state index in [2.05, 4.69) is 62.1 Å². The molecule has 0 amide bonds. The maximum absolute atomic E-state index is 5.98. The predicted molar refractivity (Wildman–Crippen MR) is 113 cm³/mol. The Morgan fingerprint density at radius 1 is 0.875 bits per heavy atom. The van der Waals surface area contributed by atoms with Crippen molar-refractivity contribution in [2.45, 2.75) is 20.8 Å². The van der Waals surface area contributed by atoms with Gasteiger partial charge in [-0.15, -0.1) is 23.7 Å². The Morgan fingerprint density at radius 2 is 1.50 bits per heavy atom. The van der Waals surface area contributed by atoms with E-state index in [0.717, 1.165) is 5.02 Å². The fraction of sp³-hybridized carbons (Fsp3) is 0.300. The number of nitrogens with zero attached hydrogens (tertiary/aromatic N) is 1. The summed E-state index contributed by atoms with van der Waals surface area (Å²) in [7, 11) is 0. The van der Waals surface area contributed by atoms with Crippen LogP contribution < -0.4 is 0 Å². The monoisotopic (exact) mass is 381 g/mol. The van der Waals surface area contributed by atoms with Gasteiger partial charge in [-0.2, -0.15) is 0 Å². The van der Waals surface area contributed by atoms with Crippen molar-refractivity contribution in [1.29, 1.82) is 0 Å². The molecule has 0 aliphatic carbocycles. The Balaban J connectivity index is 0.000000312. The summed E-state index contributed by atoms with van der Waals surface area (Å²) in [5.41, 5.74) is 1.26. The van der Waals surface area contributed by atoms with Gasteiger partial charge in [0.25, 0.3) is 0 Å².